The van der Waals surface area contributed by atoms with Gasteiger partial charge < -0.3 is 4.90 Å². The van der Waals surface area contributed by atoms with Gasteiger partial charge in [-0.3, -0.25) is 4.57 Å². The molecular formula is C51H31N3. The summed E-state index contributed by atoms with van der Waals surface area (Å²) >= 11 is 0. The van der Waals surface area contributed by atoms with Gasteiger partial charge in [0, 0.05) is 16.3 Å². The number of anilines is 3. The number of nitrogens with zero attached hydrogens (tertiary/aromatic N) is 3. The Hall–Kier alpha value is -7.23. The van der Waals surface area contributed by atoms with E-state index in [2.05, 4.69) is 198 Å². The van der Waals surface area contributed by atoms with Crippen LogP contribution in [-0.2, 0) is 0 Å². The molecule has 0 atom stereocenters. The Morgan fingerprint density at radius 3 is 1.70 bits per heavy atom. The summed E-state index contributed by atoms with van der Waals surface area (Å²) in [5.74, 6) is 0.948. The van der Waals surface area contributed by atoms with Crippen LogP contribution >= 0.6 is 0 Å². The molecular weight excluding hydrogens is 655 g/mol. The van der Waals surface area contributed by atoms with Crippen LogP contribution in [-0.4, -0.2) is 9.55 Å². The molecule has 1 aliphatic heterocycles. The van der Waals surface area contributed by atoms with E-state index < -0.39 is 0 Å². The molecule has 2 heterocycles. The van der Waals surface area contributed by atoms with Crippen molar-refractivity contribution >= 4 is 82.0 Å². The van der Waals surface area contributed by atoms with Gasteiger partial charge in [0.1, 0.15) is 5.82 Å². The Bertz CT molecular complexity index is 3300. The fourth-order valence-electron chi connectivity index (χ4n) is 9.16. The van der Waals surface area contributed by atoms with Crippen LogP contribution in [0.2, 0.25) is 0 Å². The lowest BCUT2D eigenvalue weighted by atomic mass is 9.86. The van der Waals surface area contributed by atoms with E-state index in [1.807, 2.05) is 0 Å². The van der Waals surface area contributed by atoms with Crippen molar-refractivity contribution in [2.75, 3.05) is 4.90 Å². The van der Waals surface area contributed by atoms with Crippen molar-refractivity contribution in [3.05, 3.63) is 188 Å². The van der Waals surface area contributed by atoms with Gasteiger partial charge in [0.05, 0.1) is 33.8 Å². The van der Waals surface area contributed by atoms with E-state index in [1.54, 1.807) is 0 Å². The minimum atomic E-state index is 0.948. The van der Waals surface area contributed by atoms with Crippen molar-refractivity contribution in [3.8, 4) is 28.2 Å². The maximum absolute atomic E-state index is 5.36. The van der Waals surface area contributed by atoms with E-state index in [9.17, 15) is 0 Å². The van der Waals surface area contributed by atoms with Gasteiger partial charge >= 0.3 is 0 Å². The summed E-state index contributed by atoms with van der Waals surface area (Å²) in [4.78, 5) is 7.85. The molecule has 10 aromatic carbocycles. The summed E-state index contributed by atoms with van der Waals surface area (Å²) in [5, 5.41) is 12.4. The second-order valence-corrected chi connectivity index (χ2v) is 14.3. The van der Waals surface area contributed by atoms with Crippen LogP contribution in [0.5, 0.6) is 0 Å². The predicted molar refractivity (Wildman–Crippen MR) is 228 cm³/mol. The van der Waals surface area contributed by atoms with Gasteiger partial charge in [0.15, 0.2) is 0 Å². The largest absolute Gasteiger partial charge is 0.305 e. The Morgan fingerprint density at radius 2 is 0.944 bits per heavy atom. The van der Waals surface area contributed by atoms with E-state index in [-0.39, 0.29) is 0 Å². The minimum absolute atomic E-state index is 0.948. The van der Waals surface area contributed by atoms with Gasteiger partial charge in [0.25, 0.3) is 0 Å². The molecule has 0 saturated carbocycles. The highest BCUT2D eigenvalue weighted by molar-refractivity contribution is 6.27. The van der Waals surface area contributed by atoms with Gasteiger partial charge in [-0.1, -0.05) is 152 Å². The normalized spacial score (nSPS) is 12.4. The quantitative estimate of drug-likeness (QED) is 0.136. The highest BCUT2D eigenvalue weighted by Crippen LogP contribution is 2.54. The molecule has 0 radical (unpaired) electrons. The number of hydrogen-bond acceptors (Lipinski definition) is 2. The van der Waals surface area contributed by atoms with E-state index in [4.69, 9.17) is 4.98 Å². The smallest absolute Gasteiger partial charge is 0.145 e. The highest BCUT2D eigenvalue weighted by atomic mass is 15.2. The van der Waals surface area contributed by atoms with Crippen molar-refractivity contribution in [1.29, 1.82) is 0 Å². The zero-order chi connectivity index (χ0) is 35.3. The lowest BCUT2D eigenvalue weighted by Crippen LogP contribution is -2.19. The number of para-hydroxylation sites is 3. The minimum Gasteiger partial charge on any atom is -0.305 e. The third-order valence-electron chi connectivity index (χ3n) is 11.4. The number of benzene rings is 10. The fraction of sp³-hybridized carbons (Fsp3) is 0. The topological polar surface area (TPSA) is 21.1 Å². The monoisotopic (exact) mass is 685 g/mol. The number of rotatable bonds is 3. The molecule has 3 heteroatoms. The molecule has 1 aromatic heterocycles. The zero-order valence-electron chi connectivity index (χ0n) is 29.2. The van der Waals surface area contributed by atoms with Crippen LogP contribution in [0, 0.1) is 0 Å². The lowest BCUT2D eigenvalue weighted by molar-refractivity contribution is 1.07. The molecule has 1 aliphatic rings. The zero-order valence-corrected chi connectivity index (χ0v) is 29.2. The van der Waals surface area contributed by atoms with Crippen LogP contribution in [0.3, 0.4) is 0 Å². The molecule has 11 aromatic rings. The van der Waals surface area contributed by atoms with Gasteiger partial charge in [0.2, 0.25) is 0 Å². The Kier molecular flexibility index (Phi) is 6.05. The van der Waals surface area contributed by atoms with Crippen LogP contribution in [0.4, 0.5) is 17.1 Å². The van der Waals surface area contributed by atoms with Crippen LogP contribution in [0.25, 0.3) is 93.1 Å². The van der Waals surface area contributed by atoms with Gasteiger partial charge in [-0.2, -0.15) is 0 Å². The lowest BCUT2D eigenvalue weighted by Gasteiger charge is -2.35. The molecule has 0 amide bonds. The van der Waals surface area contributed by atoms with Crippen LogP contribution < -0.4 is 4.90 Å². The number of hydrogen-bond donors (Lipinski definition) is 0. The summed E-state index contributed by atoms with van der Waals surface area (Å²) in [6, 6.07) is 68.6. The number of fused-ring (bicyclic) bond motifs is 8. The Balaban J connectivity index is 1.19. The van der Waals surface area contributed by atoms with E-state index in [0.29, 0.717) is 0 Å². The Labute approximate surface area is 311 Å². The van der Waals surface area contributed by atoms with Crippen molar-refractivity contribution in [3.63, 3.8) is 0 Å². The maximum Gasteiger partial charge on any atom is 0.145 e. The molecule has 0 N–H and O–H groups in total. The average Bonchev–Trinajstić information content (AvgIpc) is 3.64. The molecule has 3 nitrogen and oxygen atoms in total. The van der Waals surface area contributed by atoms with Crippen LogP contribution in [0.1, 0.15) is 0 Å². The average molecular weight is 686 g/mol. The van der Waals surface area contributed by atoms with Crippen molar-refractivity contribution in [2.45, 2.75) is 0 Å². The molecule has 0 saturated heterocycles. The standard InChI is InChI=1S/C51H31N3/c1-2-15-33-30-35(29-28-32(33)14-1)51-52-44-24-13-27-47-50(44)54(51)46-26-12-11-25-45(46)53(47)49-41-22-9-7-20-39(41)48(40-21-8-10-23-42(40)49)43-31-34-16-3-4-17-36(34)37-18-5-6-19-38(37)43/h1-31H. The van der Waals surface area contributed by atoms with E-state index in [1.165, 1.54) is 70.7 Å². The summed E-state index contributed by atoms with van der Waals surface area (Å²) in [7, 11) is 0. The van der Waals surface area contributed by atoms with Gasteiger partial charge in [-0.05, 0) is 90.6 Å². The van der Waals surface area contributed by atoms with Crippen molar-refractivity contribution in [2.24, 2.45) is 0 Å². The first-order valence-electron chi connectivity index (χ1n) is 18.6. The summed E-state index contributed by atoms with van der Waals surface area (Å²) in [6.07, 6.45) is 0. The summed E-state index contributed by atoms with van der Waals surface area (Å²) in [6.45, 7) is 0. The predicted octanol–water partition coefficient (Wildman–Crippen LogP) is 13.9. The fourth-order valence-corrected chi connectivity index (χ4v) is 9.16. The molecule has 12 rings (SSSR count). The molecule has 0 spiro atoms. The molecule has 0 fully saturated rings. The molecule has 0 unspecified atom stereocenters. The SMILES string of the molecule is c1ccc2c(c1)N(c1c3ccccc3c(-c3cc4ccccc4c4ccccc34)c3ccccc13)c1cccc3nc(-c4ccc5ccccc5c4)n-2c13. The number of imidazole rings is 1. The first-order chi connectivity index (χ1) is 26.8. The first kappa shape index (κ1) is 29.4. The Morgan fingerprint density at radius 1 is 0.370 bits per heavy atom. The summed E-state index contributed by atoms with van der Waals surface area (Å²) in [5.41, 5.74) is 10.2. The van der Waals surface area contributed by atoms with Crippen LogP contribution in [0.15, 0.2) is 188 Å². The second kappa shape index (κ2) is 11.1. The number of aromatic nitrogens is 2. The second-order valence-electron chi connectivity index (χ2n) is 14.3. The van der Waals surface area contributed by atoms with E-state index in [0.717, 1.165) is 39.5 Å². The van der Waals surface area contributed by atoms with Gasteiger partial charge in [-0.15, -0.1) is 0 Å². The first-order valence-corrected chi connectivity index (χ1v) is 18.6. The molecule has 0 bridgehead atoms. The van der Waals surface area contributed by atoms with Crippen molar-refractivity contribution < 1.29 is 0 Å². The van der Waals surface area contributed by atoms with Crippen molar-refractivity contribution in [1.82, 2.24) is 9.55 Å². The molecule has 250 valence electrons. The van der Waals surface area contributed by atoms with Gasteiger partial charge in [-0.25, -0.2) is 4.98 Å². The third-order valence-corrected chi connectivity index (χ3v) is 11.4. The molecule has 54 heavy (non-hydrogen) atoms. The highest BCUT2D eigenvalue weighted by Gasteiger charge is 2.32. The van der Waals surface area contributed by atoms with E-state index >= 15 is 0 Å². The third kappa shape index (κ3) is 4.04. The molecule has 0 aliphatic carbocycles. The summed E-state index contributed by atoms with van der Waals surface area (Å²) < 4.78 is 2.38. The maximum atomic E-state index is 5.36.